The molecule has 0 bridgehead atoms. The van der Waals surface area contributed by atoms with Crippen LogP contribution in [-0.2, 0) is 16.7 Å². The quantitative estimate of drug-likeness (QED) is 0.647. The van der Waals surface area contributed by atoms with Crippen LogP contribution in [0, 0.1) is 11.7 Å². The highest BCUT2D eigenvalue weighted by atomic mass is 35.5. The average molecular weight is 446 g/mol. The van der Waals surface area contributed by atoms with Crippen LogP contribution in [0.5, 0.6) is 5.88 Å². The van der Waals surface area contributed by atoms with Gasteiger partial charge in [-0.25, -0.2) is 23.7 Å². The van der Waals surface area contributed by atoms with Crippen LogP contribution in [0.15, 0.2) is 35.6 Å². The number of ether oxygens (including phenoxy) is 2. The zero-order valence-corrected chi connectivity index (χ0v) is 17.2. The molecule has 0 spiro atoms. The lowest BCUT2D eigenvalue weighted by molar-refractivity contribution is 0.168. The molecule has 31 heavy (non-hydrogen) atoms. The Hall–Kier alpha value is -3.07. The van der Waals surface area contributed by atoms with E-state index < -0.39 is 18.0 Å². The summed E-state index contributed by atoms with van der Waals surface area (Å²) in [4.78, 5) is 17.3. The van der Waals surface area contributed by atoms with Crippen LogP contribution in [0.4, 0.5) is 8.78 Å². The van der Waals surface area contributed by atoms with Crippen molar-refractivity contribution in [2.24, 2.45) is 16.6 Å². The SMILES string of the molecule is COc1cnc2c(Cc3cc(Cl)c(F)c([C@@]4(CF)N=C(N)O[C@@H]5C[C@@H]54)c3)nccc2n1. The molecule has 0 amide bonds. The molecule has 1 aliphatic heterocycles. The predicted octanol–water partition coefficient (Wildman–Crippen LogP) is 3.31. The summed E-state index contributed by atoms with van der Waals surface area (Å²) < 4.78 is 39.9. The summed E-state index contributed by atoms with van der Waals surface area (Å²) in [5.74, 6) is -0.613. The van der Waals surface area contributed by atoms with Crippen molar-refractivity contribution < 1.29 is 18.3 Å². The third kappa shape index (κ3) is 3.23. The smallest absolute Gasteiger partial charge is 0.283 e. The predicted molar refractivity (Wildman–Crippen MR) is 110 cm³/mol. The van der Waals surface area contributed by atoms with E-state index >= 15 is 4.39 Å². The molecule has 0 radical (unpaired) electrons. The normalized spacial score (nSPS) is 24.3. The first kappa shape index (κ1) is 19.9. The van der Waals surface area contributed by atoms with Gasteiger partial charge in [0.25, 0.3) is 6.02 Å². The molecule has 1 saturated carbocycles. The van der Waals surface area contributed by atoms with Crippen LogP contribution in [0.25, 0.3) is 11.0 Å². The molecule has 3 aromatic rings. The molecule has 160 valence electrons. The number of aliphatic imine (C=N–C) groups is 1. The van der Waals surface area contributed by atoms with Crippen molar-refractivity contribution in [3.8, 4) is 5.88 Å². The number of aromatic nitrogens is 3. The molecule has 10 heteroatoms. The second kappa shape index (κ2) is 7.26. The van der Waals surface area contributed by atoms with Crippen LogP contribution >= 0.6 is 11.6 Å². The Morgan fingerprint density at radius 2 is 2.19 bits per heavy atom. The topological polar surface area (TPSA) is 95.5 Å². The maximum absolute atomic E-state index is 15.1. The number of amidine groups is 1. The summed E-state index contributed by atoms with van der Waals surface area (Å²) in [5.41, 5.74) is 6.83. The number of hydrogen-bond acceptors (Lipinski definition) is 7. The van der Waals surface area contributed by atoms with Crippen molar-refractivity contribution in [3.05, 3.63) is 58.3 Å². The standard InChI is InChI=1S/C21H18ClF2N5O2/c1-30-17-8-27-19-14(28-17)2-3-26-15(19)6-10-4-12(18(24)13(22)5-10)21(9-23)11-7-16(11)31-20(25)29-21/h2-5,8,11,16H,6-7,9H2,1H3,(H2,25,29)/t11-,16+,21-/m0/s1. The van der Waals surface area contributed by atoms with Crippen LogP contribution < -0.4 is 10.5 Å². The highest BCUT2D eigenvalue weighted by Crippen LogP contribution is 2.54. The number of hydrogen-bond donors (Lipinski definition) is 1. The van der Waals surface area contributed by atoms with Gasteiger partial charge < -0.3 is 15.2 Å². The van der Waals surface area contributed by atoms with Gasteiger partial charge in [0.05, 0.1) is 29.5 Å². The Labute approximate surface area is 181 Å². The van der Waals surface area contributed by atoms with Crippen LogP contribution in [-0.4, -0.2) is 40.9 Å². The van der Waals surface area contributed by atoms with Gasteiger partial charge in [0, 0.05) is 24.1 Å². The first-order valence-corrected chi connectivity index (χ1v) is 10.0. The zero-order chi connectivity index (χ0) is 21.8. The number of rotatable bonds is 5. The summed E-state index contributed by atoms with van der Waals surface area (Å²) in [6, 6.07) is 4.66. The minimum Gasteiger partial charge on any atom is -0.480 e. The largest absolute Gasteiger partial charge is 0.480 e. The van der Waals surface area contributed by atoms with Gasteiger partial charge >= 0.3 is 0 Å². The van der Waals surface area contributed by atoms with Crippen molar-refractivity contribution in [1.29, 1.82) is 0 Å². The third-order valence-electron chi connectivity index (χ3n) is 5.78. The van der Waals surface area contributed by atoms with E-state index in [0.29, 0.717) is 34.6 Å². The molecule has 1 aromatic carbocycles. The molecule has 0 unspecified atom stereocenters. The molecule has 2 aliphatic rings. The van der Waals surface area contributed by atoms with E-state index in [2.05, 4.69) is 19.9 Å². The van der Waals surface area contributed by atoms with Crippen molar-refractivity contribution in [1.82, 2.24) is 15.0 Å². The molecule has 7 nitrogen and oxygen atoms in total. The third-order valence-corrected chi connectivity index (χ3v) is 6.05. The number of halogens is 3. The Kier molecular flexibility index (Phi) is 4.65. The van der Waals surface area contributed by atoms with E-state index in [-0.39, 0.29) is 35.1 Å². The molecule has 1 aliphatic carbocycles. The minimum atomic E-state index is -1.45. The monoisotopic (exact) mass is 445 g/mol. The summed E-state index contributed by atoms with van der Waals surface area (Å²) in [5, 5.41) is -0.120. The lowest BCUT2D eigenvalue weighted by atomic mass is 9.84. The Morgan fingerprint density at radius 1 is 1.35 bits per heavy atom. The first-order chi connectivity index (χ1) is 14.9. The van der Waals surface area contributed by atoms with Crippen molar-refractivity contribution in [2.45, 2.75) is 24.5 Å². The van der Waals surface area contributed by atoms with Crippen molar-refractivity contribution in [3.63, 3.8) is 0 Å². The van der Waals surface area contributed by atoms with Gasteiger partial charge in [-0.2, -0.15) is 0 Å². The highest BCUT2D eigenvalue weighted by Gasteiger charge is 2.60. The van der Waals surface area contributed by atoms with Gasteiger partial charge in [-0.05, 0) is 30.2 Å². The van der Waals surface area contributed by atoms with Gasteiger partial charge in [-0.15, -0.1) is 0 Å². The summed E-state index contributed by atoms with van der Waals surface area (Å²) in [7, 11) is 1.51. The molecular formula is C21H18ClF2N5O2. The van der Waals surface area contributed by atoms with E-state index in [1.54, 1.807) is 18.3 Å². The maximum atomic E-state index is 15.1. The van der Waals surface area contributed by atoms with E-state index in [0.717, 1.165) is 0 Å². The minimum absolute atomic E-state index is 0.0734. The zero-order valence-electron chi connectivity index (χ0n) is 16.5. The van der Waals surface area contributed by atoms with E-state index in [1.807, 2.05) is 0 Å². The van der Waals surface area contributed by atoms with Gasteiger partial charge in [-0.1, -0.05) is 11.6 Å². The number of pyridine rings is 1. The van der Waals surface area contributed by atoms with Crippen molar-refractivity contribution >= 4 is 28.7 Å². The Bertz CT molecular complexity index is 1220. The van der Waals surface area contributed by atoms with E-state index in [4.69, 9.17) is 26.8 Å². The second-order valence-corrected chi connectivity index (χ2v) is 8.07. The second-order valence-electron chi connectivity index (χ2n) is 7.66. The number of nitrogens with zero attached hydrogens (tertiary/aromatic N) is 4. The summed E-state index contributed by atoms with van der Waals surface area (Å²) in [6.45, 7) is -0.910. The van der Waals surface area contributed by atoms with Gasteiger partial charge in [0.15, 0.2) is 0 Å². The van der Waals surface area contributed by atoms with Crippen LogP contribution in [0.2, 0.25) is 5.02 Å². The molecular weight excluding hydrogens is 428 g/mol. The Balaban J connectivity index is 1.59. The molecule has 3 heterocycles. The fourth-order valence-corrected chi connectivity index (χ4v) is 4.44. The number of fused-ring (bicyclic) bond motifs is 2. The maximum Gasteiger partial charge on any atom is 0.283 e. The van der Waals surface area contributed by atoms with Gasteiger partial charge in [0.2, 0.25) is 5.88 Å². The van der Waals surface area contributed by atoms with E-state index in [9.17, 15) is 4.39 Å². The molecule has 2 N–H and O–H groups in total. The Morgan fingerprint density at radius 3 is 2.97 bits per heavy atom. The van der Waals surface area contributed by atoms with Crippen LogP contribution in [0.3, 0.4) is 0 Å². The van der Waals surface area contributed by atoms with Crippen molar-refractivity contribution in [2.75, 3.05) is 13.8 Å². The fourth-order valence-electron chi connectivity index (χ4n) is 4.19. The van der Waals surface area contributed by atoms with E-state index in [1.165, 1.54) is 19.4 Å². The highest BCUT2D eigenvalue weighted by molar-refractivity contribution is 6.30. The average Bonchev–Trinajstić information content (AvgIpc) is 3.55. The summed E-state index contributed by atoms with van der Waals surface area (Å²) >= 11 is 6.21. The van der Waals surface area contributed by atoms with Gasteiger partial charge in [-0.3, -0.25) is 4.98 Å². The molecule has 5 rings (SSSR count). The molecule has 2 aromatic heterocycles. The van der Waals surface area contributed by atoms with Gasteiger partial charge in [0.1, 0.15) is 29.7 Å². The number of alkyl halides is 1. The molecule has 1 fully saturated rings. The lowest BCUT2D eigenvalue weighted by Gasteiger charge is -2.32. The first-order valence-electron chi connectivity index (χ1n) is 9.66. The van der Waals surface area contributed by atoms with Crippen LogP contribution in [0.1, 0.15) is 23.2 Å². The lowest BCUT2D eigenvalue weighted by Crippen LogP contribution is -2.39. The fraction of sp³-hybridized carbons (Fsp3) is 0.333. The molecule has 3 atom stereocenters. The number of methoxy groups -OCH3 is 1. The number of benzene rings is 1. The summed E-state index contributed by atoms with van der Waals surface area (Å²) in [6.07, 6.45) is 3.69. The number of nitrogens with two attached hydrogens (primary N) is 1. The molecule has 0 saturated heterocycles.